The maximum absolute atomic E-state index is 2.55. The molecule has 1 heterocycles. The molecule has 0 spiro atoms. The van der Waals surface area contributed by atoms with Crippen molar-refractivity contribution in [3.05, 3.63) is 51.1 Å². The van der Waals surface area contributed by atoms with Gasteiger partial charge in [0.1, 0.15) is 0 Å². The van der Waals surface area contributed by atoms with Crippen molar-refractivity contribution in [2.24, 2.45) is 10.8 Å². The smallest absolute Gasteiger partial charge is 0.00413 e. The van der Waals surface area contributed by atoms with Crippen LogP contribution in [0.3, 0.4) is 0 Å². The summed E-state index contributed by atoms with van der Waals surface area (Å²) in [5.41, 5.74) is 16.0. The lowest BCUT2D eigenvalue weighted by Crippen LogP contribution is -2.23. The van der Waals surface area contributed by atoms with Crippen LogP contribution in [0.1, 0.15) is 140 Å². The first-order chi connectivity index (χ1) is 16.3. The van der Waals surface area contributed by atoms with Gasteiger partial charge in [-0.2, -0.15) is 0 Å². The third-order valence-electron chi connectivity index (χ3n) is 8.88. The van der Waals surface area contributed by atoms with Crippen molar-refractivity contribution in [3.63, 3.8) is 0 Å². The van der Waals surface area contributed by atoms with E-state index in [9.17, 15) is 0 Å². The van der Waals surface area contributed by atoms with Crippen LogP contribution in [0.2, 0.25) is 0 Å². The predicted molar refractivity (Wildman–Crippen MR) is 166 cm³/mol. The van der Waals surface area contributed by atoms with E-state index in [-0.39, 0.29) is 7.92 Å². The van der Waals surface area contributed by atoms with E-state index < -0.39 is 0 Å². The molecule has 0 bridgehead atoms. The fraction of sp³-hybridized carbons (Fsp3) is 0.657. The van der Waals surface area contributed by atoms with Gasteiger partial charge in [0.25, 0.3) is 0 Å². The maximum atomic E-state index is 2.55. The van der Waals surface area contributed by atoms with Crippen LogP contribution in [0.15, 0.2) is 12.1 Å². The Morgan fingerprint density at radius 2 is 0.944 bits per heavy atom. The minimum absolute atomic E-state index is 0.242. The second-order valence-electron chi connectivity index (χ2n) is 14.8. The van der Waals surface area contributed by atoms with E-state index in [2.05, 4.69) is 123 Å². The zero-order valence-electron chi connectivity index (χ0n) is 26.5. The van der Waals surface area contributed by atoms with Gasteiger partial charge in [0.15, 0.2) is 0 Å². The molecule has 1 fully saturated rings. The van der Waals surface area contributed by atoms with Crippen molar-refractivity contribution < 1.29 is 0 Å². The van der Waals surface area contributed by atoms with E-state index in [0.717, 1.165) is 11.3 Å². The normalized spacial score (nSPS) is 20.7. The summed E-state index contributed by atoms with van der Waals surface area (Å²) in [5.74, 6) is 1.53. The Morgan fingerprint density at radius 1 is 0.556 bits per heavy atom. The second kappa shape index (κ2) is 9.88. The van der Waals surface area contributed by atoms with Crippen molar-refractivity contribution >= 4 is 13.2 Å². The molecule has 0 N–H and O–H groups in total. The summed E-state index contributed by atoms with van der Waals surface area (Å²) >= 11 is 0. The Morgan fingerprint density at radius 3 is 1.28 bits per heavy atom. The highest BCUT2D eigenvalue weighted by molar-refractivity contribution is 7.75. The molecular formula is C35H55P. The lowest BCUT2D eigenvalue weighted by Gasteiger charge is -2.29. The summed E-state index contributed by atoms with van der Waals surface area (Å²) in [6.07, 6.45) is 0. The molecule has 200 valence electrons. The molecule has 1 saturated heterocycles. The van der Waals surface area contributed by atoms with Gasteiger partial charge in [-0.3, -0.25) is 0 Å². The molecule has 0 amide bonds. The van der Waals surface area contributed by atoms with Crippen LogP contribution >= 0.6 is 7.92 Å². The fourth-order valence-electron chi connectivity index (χ4n) is 6.46. The number of hydrogen-bond donors (Lipinski definition) is 0. The van der Waals surface area contributed by atoms with Crippen LogP contribution in [-0.2, 0) is 0 Å². The van der Waals surface area contributed by atoms with E-state index in [1.165, 1.54) is 22.3 Å². The molecule has 0 aromatic heterocycles. The molecular weight excluding hydrogens is 451 g/mol. The minimum atomic E-state index is -0.242. The molecule has 1 heteroatoms. The second-order valence-corrected chi connectivity index (χ2v) is 17.2. The monoisotopic (exact) mass is 506 g/mol. The van der Waals surface area contributed by atoms with Gasteiger partial charge in [0.05, 0.1) is 0 Å². The van der Waals surface area contributed by atoms with Crippen molar-refractivity contribution in [3.8, 4) is 11.1 Å². The molecule has 2 unspecified atom stereocenters. The molecule has 1 aliphatic heterocycles. The van der Waals surface area contributed by atoms with E-state index >= 15 is 0 Å². The van der Waals surface area contributed by atoms with Crippen molar-refractivity contribution in [2.45, 2.75) is 140 Å². The van der Waals surface area contributed by atoms with Gasteiger partial charge in [0, 0.05) is 0 Å². The van der Waals surface area contributed by atoms with E-state index in [1.54, 1.807) is 33.1 Å². The number of rotatable bonds is 5. The summed E-state index contributed by atoms with van der Waals surface area (Å²) in [6, 6.07) is 5.10. The summed E-state index contributed by atoms with van der Waals surface area (Å²) in [6.45, 7) is 38.8. The minimum Gasteiger partial charge on any atom is -0.0656 e. The molecule has 36 heavy (non-hydrogen) atoms. The van der Waals surface area contributed by atoms with E-state index in [0.29, 0.717) is 28.6 Å². The van der Waals surface area contributed by atoms with Crippen LogP contribution in [0, 0.1) is 38.5 Å². The molecule has 2 aromatic rings. The highest BCUT2D eigenvalue weighted by atomic mass is 31.1. The maximum Gasteiger partial charge on any atom is -0.00413 e. The first-order valence-corrected chi connectivity index (χ1v) is 15.9. The number of benzene rings is 2. The Hall–Kier alpha value is -1.13. The molecule has 2 atom stereocenters. The topological polar surface area (TPSA) is 0 Å². The van der Waals surface area contributed by atoms with Gasteiger partial charge in [0.2, 0.25) is 0 Å². The quantitative estimate of drug-likeness (QED) is 0.354. The van der Waals surface area contributed by atoms with Gasteiger partial charge >= 0.3 is 0 Å². The molecule has 0 radical (unpaired) electrons. The largest absolute Gasteiger partial charge is 0.0656 e. The van der Waals surface area contributed by atoms with Gasteiger partial charge in [-0.25, -0.2) is 0 Å². The molecule has 2 aromatic carbocycles. The zero-order valence-corrected chi connectivity index (χ0v) is 27.4. The molecule has 1 aliphatic rings. The Kier molecular flexibility index (Phi) is 8.07. The lowest BCUT2D eigenvalue weighted by atomic mass is 9.79. The Bertz CT molecular complexity index is 1080. The van der Waals surface area contributed by atoms with Crippen molar-refractivity contribution in [1.29, 1.82) is 0 Å². The van der Waals surface area contributed by atoms with E-state index in [1.807, 2.05) is 0 Å². The zero-order chi connectivity index (χ0) is 27.7. The third kappa shape index (κ3) is 5.10. The summed E-state index contributed by atoms with van der Waals surface area (Å²) in [7, 11) is -0.242. The average Bonchev–Trinajstić information content (AvgIpc) is 3.50. The van der Waals surface area contributed by atoms with Gasteiger partial charge in [-0.15, -0.1) is 0 Å². The number of hydrogen-bond acceptors (Lipinski definition) is 0. The SMILES string of the molecule is Cc1c(C)c(C)c(P2C(C(C)(C)C)C2C(C)(C)C)c(-c2c(C(C)C)cc(C(C)C)cc2C(C)C)c1C. The molecule has 0 nitrogen and oxygen atoms in total. The van der Waals surface area contributed by atoms with Crippen LogP contribution < -0.4 is 5.30 Å². The van der Waals surface area contributed by atoms with Gasteiger partial charge < -0.3 is 0 Å². The summed E-state index contributed by atoms with van der Waals surface area (Å²) in [5, 5.41) is 1.73. The molecule has 0 saturated carbocycles. The van der Waals surface area contributed by atoms with Gasteiger partial charge in [-0.1, -0.05) is 103 Å². The third-order valence-corrected chi connectivity index (χ3v) is 13.0. The average molecular weight is 507 g/mol. The van der Waals surface area contributed by atoms with Crippen molar-refractivity contribution in [1.82, 2.24) is 0 Å². The molecule has 0 aliphatic carbocycles. The standard InChI is InChI=1S/C35H55P/c1-19(2)26-17-27(20(3)4)30(28(18-26)21(5)6)29-24(9)22(7)23(8)25(10)31(29)36-32(34(11,12)13)33(36)35(14,15)16/h17-21,32-33H,1-16H3. The van der Waals surface area contributed by atoms with Gasteiger partial charge in [-0.05, 0) is 123 Å². The predicted octanol–water partition coefficient (Wildman–Crippen LogP) is 10.9. The van der Waals surface area contributed by atoms with E-state index in [4.69, 9.17) is 0 Å². The van der Waals surface area contributed by atoms with Crippen molar-refractivity contribution in [2.75, 3.05) is 0 Å². The van der Waals surface area contributed by atoms with Crippen LogP contribution in [0.25, 0.3) is 11.1 Å². The summed E-state index contributed by atoms with van der Waals surface area (Å²) in [4.78, 5) is 0. The summed E-state index contributed by atoms with van der Waals surface area (Å²) < 4.78 is 0. The Labute approximate surface area is 225 Å². The van der Waals surface area contributed by atoms with Crippen LogP contribution in [-0.4, -0.2) is 11.3 Å². The Balaban J connectivity index is 2.52. The molecule has 3 rings (SSSR count). The highest BCUT2D eigenvalue weighted by Crippen LogP contribution is 2.77. The highest BCUT2D eigenvalue weighted by Gasteiger charge is 2.61. The van der Waals surface area contributed by atoms with Crippen LogP contribution in [0.4, 0.5) is 0 Å². The van der Waals surface area contributed by atoms with Crippen LogP contribution in [0.5, 0.6) is 0 Å². The first-order valence-electron chi connectivity index (χ1n) is 14.4. The first kappa shape index (κ1) is 29.4. The fourth-order valence-corrected chi connectivity index (χ4v) is 11.3. The lowest BCUT2D eigenvalue weighted by molar-refractivity contribution is 0.335.